The van der Waals surface area contributed by atoms with Crippen LogP contribution in [-0.2, 0) is 16.0 Å². The van der Waals surface area contributed by atoms with Crippen LogP contribution in [0.1, 0.15) is 12.0 Å². The van der Waals surface area contributed by atoms with E-state index in [1.54, 1.807) is 22.6 Å². The number of rotatable bonds is 5. The van der Waals surface area contributed by atoms with Crippen LogP contribution in [-0.4, -0.2) is 43.8 Å². The Kier molecular flexibility index (Phi) is 4.38. The summed E-state index contributed by atoms with van der Waals surface area (Å²) in [6, 6.07) is 9.31. The van der Waals surface area contributed by atoms with E-state index in [1.807, 2.05) is 36.5 Å². The van der Waals surface area contributed by atoms with Crippen molar-refractivity contribution >= 4 is 23.6 Å². The molecule has 0 spiro atoms. The van der Waals surface area contributed by atoms with E-state index in [9.17, 15) is 14.7 Å². The second-order valence-corrected chi connectivity index (χ2v) is 6.64. The molecule has 7 heteroatoms. The van der Waals surface area contributed by atoms with Crippen LogP contribution in [0.25, 0.3) is 5.69 Å². The highest BCUT2D eigenvalue weighted by molar-refractivity contribution is 7.99. The fourth-order valence-corrected chi connectivity index (χ4v) is 3.90. The van der Waals surface area contributed by atoms with Gasteiger partial charge in [-0.3, -0.25) is 4.79 Å². The molecular formula is C16H17N3O3S. The first kappa shape index (κ1) is 15.6. The highest BCUT2D eigenvalue weighted by atomic mass is 32.2. The fourth-order valence-electron chi connectivity index (χ4n) is 2.57. The van der Waals surface area contributed by atoms with E-state index in [-0.39, 0.29) is 12.3 Å². The van der Waals surface area contributed by atoms with Crippen LogP contribution in [0.4, 0.5) is 0 Å². The molecular weight excluding hydrogens is 314 g/mol. The van der Waals surface area contributed by atoms with Gasteiger partial charge in [-0.15, -0.1) is 0 Å². The molecule has 1 unspecified atom stereocenters. The molecule has 1 amide bonds. The van der Waals surface area contributed by atoms with Gasteiger partial charge in [-0.25, -0.2) is 9.48 Å². The molecule has 2 aromatic rings. The van der Waals surface area contributed by atoms with E-state index >= 15 is 0 Å². The zero-order valence-corrected chi connectivity index (χ0v) is 13.3. The van der Waals surface area contributed by atoms with Crippen LogP contribution in [0.15, 0.2) is 42.7 Å². The van der Waals surface area contributed by atoms with E-state index in [2.05, 4.69) is 10.4 Å². The molecule has 1 aliphatic heterocycles. The minimum absolute atomic E-state index is 0.166. The number of thioether (sulfide) groups is 1. The predicted molar refractivity (Wildman–Crippen MR) is 87.7 cm³/mol. The largest absolute Gasteiger partial charge is 0.479 e. The number of carbonyl (C=O) groups excluding carboxylic acids is 1. The maximum absolute atomic E-state index is 12.2. The molecule has 23 heavy (non-hydrogen) atoms. The van der Waals surface area contributed by atoms with Crippen LogP contribution in [0, 0.1) is 0 Å². The Hall–Kier alpha value is -2.28. The molecule has 1 fully saturated rings. The minimum Gasteiger partial charge on any atom is -0.479 e. The highest BCUT2D eigenvalue weighted by Gasteiger charge is 2.43. The first-order valence-corrected chi connectivity index (χ1v) is 8.46. The number of benzene rings is 1. The molecule has 1 aliphatic rings. The smallest absolute Gasteiger partial charge is 0.330 e. The van der Waals surface area contributed by atoms with Crippen LogP contribution in [0.5, 0.6) is 0 Å². The van der Waals surface area contributed by atoms with Gasteiger partial charge >= 0.3 is 5.97 Å². The van der Waals surface area contributed by atoms with Crippen LogP contribution >= 0.6 is 11.8 Å². The van der Waals surface area contributed by atoms with Gasteiger partial charge in [0.1, 0.15) is 5.54 Å². The van der Waals surface area contributed by atoms with Gasteiger partial charge in [-0.1, -0.05) is 12.1 Å². The Morgan fingerprint density at radius 2 is 2.13 bits per heavy atom. The highest BCUT2D eigenvalue weighted by Crippen LogP contribution is 2.28. The van der Waals surface area contributed by atoms with E-state index in [1.165, 1.54) is 0 Å². The Bertz CT molecular complexity index is 692. The van der Waals surface area contributed by atoms with Crippen molar-refractivity contribution in [1.82, 2.24) is 15.1 Å². The molecule has 0 bridgehead atoms. The topological polar surface area (TPSA) is 84.2 Å². The molecule has 3 rings (SSSR count). The molecule has 1 aromatic carbocycles. The second-order valence-electron chi connectivity index (χ2n) is 5.53. The lowest BCUT2D eigenvalue weighted by Gasteiger charge is -2.24. The molecule has 1 saturated heterocycles. The van der Waals surface area contributed by atoms with Crippen molar-refractivity contribution in [3.8, 4) is 5.69 Å². The normalized spacial score (nSPS) is 20.3. The summed E-state index contributed by atoms with van der Waals surface area (Å²) < 4.78 is 1.74. The summed E-state index contributed by atoms with van der Waals surface area (Å²) in [6.07, 6.45) is 4.18. The summed E-state index contributed by atoms with van der Waals surface area (Å²) in [5.74, 6) is -0.0381. The number of carbonyl (C=O) groups is 2. The van der Waals surface area contributed by atoms with Crippen molar-refractivity contribution in [3.63, 3.8) is 0 Å². The third-order valence-corrected chi connectivity index (χ3v) is 5.07. The molecule has 1 aromatic heterocycles. The third kappa shape index (κ3) is 3.39. The van der Waals surface area contributed by atoms with Crippen molar-refractivity contribution in [2.45, 2.75) is 18.4 Å². The quantitative estimate of drug-likeness (QED) is 0.867. The number of hydrogen-bond donors (Lipinski definition) is 2. The number of aromatic nitrogens is 2. The molecule has 120 valence electrons. The van der Waals surface area contributed by atoms with Gasteiger partial charge in [0.25, 0.3) is 0 Å². The maximum atomic E-state index is 12.2. The van der Waals surface area contributed by atoms with Gasteiger partial charge in [0.2, 0.25) is 5.91 Å². The van der Waals surface area contributed by atoms with Gasteiger partial charge in [0.05, 0.1) is 12.1 Å². The minimum atomic E-state index is -1.11. The molecule has 0 aliphatic carbocycles. The summed E-state index contributed by atoms with van der Waals surface area (Å²) in [4.78, 5) is 23.6. The first-order chi connectivity index (χ1) is 11.1. The maximum Gasteiger partial charge on any atom is 0.330 e. The van der Waals surface area contributed by atoms with Crippen molar-refractivity contribution in [2.24, 2.45) is 0 Å². The SMILES string of the molecule is O=C(Cc1ccc(-n2cccn2)cc1)NC1(C(=O)O)CCSC1. The second kappa shape index (κ2) is 6.45. The Morgan fingerprint density at radius 3 is 2.70 bits per heavy atom. The number of carboxylic acids is 1. The van der Waals surface area contributed by atoms with Gasteiger partial charge in [-0.05, 0) is 35.9 Å². The zero-order chi connectivity index (χ0) is 16.3. The summed E-state index contributed by atoms with van der Waals surface area (Å²) >= 11 is 1.55. The summed E-state index contributed by atoms with van der Waals surface area (Å²) in [6.45, 7) is 0. The average Bonchev–Trinajstić information content (AvgIpc) is 3.20. The summed E-state index contributed by atoms with van der Waals surface area (Å²) in [7, 11) is 0. The average molecular weight is 331 g/mol. The van der Waals surface area contributed by atoms with Crippen molar-refractivity contribution in [3.05, 3.63) is 48.3 Å². The van der Waals surface area contributed by atoms with Gasteiger partial charge in [0.15, 0.2) is 0 Å². The molecule has 2 heterocycles. The lowest BCUT2D eigenvalue weighted by molar-refractivity contribution is -0.146. The number of amides is 1. The monoisotopic (exact) mass is 331 g/mol. The first-order valence-electron chi connectivity index (χ1n) is 7.30. The predicted octanol–water partition coefficient (Wildman–Crippen LogP) is 1.49. The van der Waals surface area contributed by atoms with Crippen molar-refractivity contribution in [2.75, 3.05) is 11.5 Å². The van der Waals surface area contributed by atoms with E-state index in [0.29, 0.717) is 12.2 Å². The number of hydrogen-bond acceptors (Lipinski definition) is 4. The summed E-state index contributed by atoms with van der Waals surface area (Å²) in [5, 5.41) is 16.2. The van der Waals surface area contributed by atoms with E-state index in [0.717, 1.165) is 17.0 Å². The molecule has 2 N–H and O–H groups in total. The molecule has 6 nitrogen and oxygen atoms in total. The Morgan fingerprint density at radius 1 is 1.35 bits per heavy atom. The lowest BCUT2D eigenvalue weighted by atomic mass is 9.98. The fraction of sp³-hybridized carbons (Fsp3) is 0.312. The van der Waals surface area contributed by atoms with Crippen molar-refractivity contribution < 1.29 is 14.7 Å². The van der Waals surface area contributed by atoms with E-state index in [4.69, 9.17) is 0 Å². The molecule has 1 atom stereocenters. The van der Waals surface area contributed by atoms with Crippen LogP contribution < -0.4 is 5.32 Å². The van der Waals surface area contributed by atoms with Gasteiger partial charge in [-0.2, -0.15) is 16.9 Å². The van der Waals surface area contributed by atoms with Crippen LogP contribution in [0.2, 0.25) is 0 Å². The molecule has 0 radical (unpaired) electrons. The van der Waals surface area contributed by atoms with Gasteiger partial charge < -0.3 is 10.4 Å². The number of aliphatic carboxylic acids is 1. The van der Waals surface area contributed by atoms with Crippen molar-refractivity contribution in [1.29, 1.82) is 0 Å². The third-order valence-electron chi connectivity index (χ3n) is 3.88. The molecule has 0 saturated carbocycles. The Labute approximate surface area is 137 Å². The van der Waals surface area contributed by atoms with E-state index < -0.39 is 11.5 Å². The Balaban J connectivity index is 1.65. The van der Waals surface area contributed by atoms with Crippen LogP contribution in [0.3, 0.4) is 0 Å². The zero-order valence-electron chi connectivity index (χ0n) is 12.4. The number of nitrogens with one attached hydrogen (secondary N) is 1. The number of carboxylic acid groups (broad SMARTS) is 1. The number of nitrogens with zero attached hydrogens (tertiary/aromatic N) is 2. The van der Waals surface area contributed by atoms with Gasteiger partial charge in [0, 0.05) is 18.1 Å². The standard InChI is InChI=1S/C16H17N3O3S/c20-14(18-16(15(21)22)6-9-23-11-16)10-12-2-4-13(5-3-12)19-8-1-7-17-19/h1-5,7-8H,6,9-11H2,(H,18,20)(H,21,22). The summed E-state index contributed by atoms with van der Waals surface area (Å²) in [5.41, 5.74) is 0.634. The lowest BCUT2D eigenvalue weighted by Crippen LogP contribution is -2.55.